The lowest BCUT2D eigenvalue weighted by Gasteiger charge is -2.13. The molecule has 136 valence electrons. The normalized spacial score (nSPS) is 13.8. The molecule has 0 bridgehead atoms. The molecule has 0 aliphatic heterocycles. The van der Waals surface area contributed by atoms with Gasteiger partial charge in [-0.1, -0.05) is 34.9 Å². The number of hydrogen-bond donors (Lipinski definition) is 2. The Balaban J connectivity index is 1.52. The van der Waals surface area contributed by atoms with E-state index >= 15 is 0 Å². The topological polar surface area (TPSA) is 66.9 Å². The van der Waals surface area contributed by atoms with Crippen molar-refractivity contribution in [1.82, 2.24) is 9.97 Å². The van der Waals surface area contributed by atoms with E-state index in [2.05, 4.69) is 26.7 Å². The van der Waals surface area contributed by atoms with E-state index in [0.717, 1.165) is 13.0 Å². The third kappa shape index (κ3) is 5.19. The van der Waals surface area contributed by atoms with Crippen molar-refractivity contribution in [2.75, 3.05) is 17.2 Å². The van der Waals surface area contributed by atoms with Crippen molar-refractivity contribution in [3.63, 3.8) is 0 Å². The summed E-state index contributed by atoms with van der Waals surface area (Å²) in [5, 5.41) is 6.77. The molecule has 1 heterocycles. The fraction of sp³-hybridized carbons (Fsp3) is 0.316. The second kappa shape index (κ2) is 9.01. The Kier molecular flexibility index (Phi) is 6.47. The highest BCUT2D eigenvalue weighted by molar-refractivity contribution is 6.42. The van der Waals surface area contributed by atoms with Crippen LogP contribution >= 0.6 is 23.2 Å². The third-order valence-corrected chi connectivity index (χ3v) is 4.94. The Morgan fingerprint density at radius 1 is 1.12 bits per heavy atom. The van der Waals surface area contributed by atoms with Crippen molar-refractivity contribution in [2.24, 2.45) is 0 Å². The van der Waals surface area contributed by atoms with Crippen molar-refractivity contribution in [2.45, 2.75) is 32.1 Å². The lowest BCUT2D eigenvalue weighted by Crippen LogP contribution is -2.14. The van der Waals surface area contributed by atoms with E-state index < -0.39 is 0 Å². The summed E-state index contributed by atoms with van der Waals surface area (Å²) in [7, 11) is 0. The number of anilines is 2. The Bertz CT molecular complexity index is 806. The third-order valence-electron chi connectivity index (χ3n) is 4.20. The molecule has 7 heteroatoms. The fourth-order valence-corrected chi connectivity index (χ4v) is 3.09. The summed E-state index contributed by atoms with van der Waals surface area (Å²) >= 11 is 11.8. The van der Waals surface area contributed by atoms with Crippen LogP contribution in [0.5, 0.6) is 0 Å². The minimum Gasteiger partial charge on any atom is -0.368 e. The second-order valence-corrected chi connectivity index (χ2v) is 6.97. The molecule has 1 aromatic carbocycles. The molecule has 2 N–H and O–H groups in total. The molecular formula is C19H20Cl2N4O. The highest BCUT2D eigenvalue weighted by atomic mass is 35.5. The lowest BCUT2D eigenvalue weighted by molar-refractivity contribution is 0.102. The molecule has 0 radical (unpaired) electrons. The number of hydrogen-bond acceptors (Lipinski definition) is 4. The van der Waals surface area contributed by atoms with Gasteiger partial charge >= 0.3 is 0 Å². The van der Waals surface area contributed by atoms with Crippen molar-refractivity contribution in [1.29, 1.82) is 0 Å². The summed E-state index contributed by atoms with van der Waals surface area (Å²) in [6.07, 6.45) is 11.4. The van der Waals surface area contributed by atoms with Gasteiger partial charge in [0.05, 0.1) is 22.4 Å². The van der Waals surface area contributed by atoms with E-state index in [4.69, 9.17) is 23.2 Å². The van der Waals surface area contributed by atoms with Crippen molar-refractivity contribution in [3.8, 4) is 0 Å². The van der Waals surface area contributed by atoms with Crippen LogP contribution in [0, 0.1) is 0 Å². The van der Waals surface area contributed by atoms with Gasteiger partial charge in [-0.25, -0.2) is 9.97 Å². The quantitative estimate of drug-likeness (QED) is 0.653. The molecule has 2 aromatic rings. The minimum absolute atomic E-state index is 0.233. The number of carbonyl (C=O) groups excluding carboxylic acids is 1. The van der Waals surface area contributed by atoms with Crippen LogP contribution in [0.4, 0.5) is 11.5 Å². The summed E-state index contributed by atoms with van der Waals surface area (Å²) in [5.74, 6) is 0.308. The van der Waals surface area contributed by atoms with Gasteiger partial charge < -0.3 is 10.6 Å². The molecule has 3 rings (SSSR count). The molecule has 1 aliphatic rings. The minimum atomic E-state index is -0.352. The summed E-state index contributed by atoms with van der Waals surface area (Å²) in [5.41, 5.74) is 2.29. The first-order valence-corrected chi connectivity index (χ1v) is 9.37. The number of rotatable bonds is 6. The van der Waals surface area contributed by atoms with Gasteiger partial charge in [0.1, 0.15) is 11.5 Å². The summed E-state index contributed by atoms with van der Waals surface area (Å²) < 4.78 is 0. The zero-order chi connectivity index (χ0) is 18.4. The Morgan fingerprint density at radius 2 is 2.00 bits per heavy atom. The Morgan fingerprint density at radius 3 is 2.69 bits per heavy atom. The van der Waals surface area contributed by atoms with Crippen LogP contribution in [-0.4, -0.2) is 22.4 Å². The standard InChI is InChI=1S/C19H20Cl2N4O/c20-15-7-6-14(10-16(15)21)25-19(26)17-11-24-18(12-23-17)22-9-8-13-4-2-1-3-5-13/h4,6-7,10-12H,1-3,5,8-9H2,(H,22,24)(H,25,26). The maximum Gasteiger partial charge on any atom is 0.275 e. The van der Waals surface area contributed by atoms with Crippen LogP contribution in [0.15, 0.2) is 42.2 Å². The van der Waals surface area contributed by atoms with Gasteiger partial charge in [-0.05, 0) is 50.3 Å². The number of halogens is 2. The molecule has 0 saturated heterocycles. The van der Waals surface area contributed by atoms with Gasteiger partial charge in [-0.3, -0.25) is 4.79 Å². The predicted molar refractivity (Wildman–Crippen MR) is 106 cm³/mol. The van der Waals surface area contributed by atoms with Crippen molar-refractivity contribution < 1.29 is 4.79 Å². The fourth-order valence-electron chi connectivity index (χ4n) is 2.79. The van der Waals surface area contributed by atoms with Crippen molar-refractivity contribution in [3.05, 3.63) is 58.0 Å². The smallest absolute Gasteiger partial charge is 0.275 e. The van der Waals surface area contributed by atoms with Gasteiger partial charge in [-0.2, -0.15) is 0 Å². The Hall–Kier alpha value is -2.11. The number of nitrogens with zero attached hydrogens (tertiary/aromatic N) is 2. The van der Waals surface area contributed by atoms with Crippen LogP contribution in [0.1, 0.15) is 42.6 Å². The lowest BCUT2D eigenvalue weighted by atomic mass is 9.97. The second-order valence-electron chi connectivity index (χ2n) is 6.15. The first-order valence-electron chi connectivity index (χ1n) is 8.62. The number of aromatic nitrogens is 2. The maximum atomic E-state index is 12.2. The molecule has 1 aliphatic carbocycles. The molecule has 26 heavy (non-hydrogen) atoms. The molecule has 5 nitrogen and oxygen atoms in total. The molecule has 1 amide bonds. The van der Waals surface area contributed by atoms with E-state index in [9.17, 15) is 4.79 Å². The molecule has 0 spiro atoms. The summed E-state index contributed by atoms with van der Waals surface area (Å²) in [6.45, 7) is 0.815. The predicted octanol–water partition coefficient (Wildman–Crippen LogP) is 5.34. The van der Waals surface area contributed by atoms with Crippen LogP contribution in [0.3, 0.4) is 0 Å². The van der Waals surface area contributed by atoms with Gasteiger partial charge in [0.25, 0.3) is 5.91 Å². The van der Waals surface area contributed by atoms with Crippen LogP contribution in [0.2, 0.25) is 10.0 Å². The number of carbonyl (C=O) groups is 1. The highest BCUT2D eigenvalue weighted by Gasteiger charge is 2.10. The van der Waals surface area contributed by atoms with Crippen LogP contribution < -0.4 is 10.6 Å². The van der Waals surface area contributed by atoms with Gasteiger partial charge in [-0.15, -0.1) is 0 Å². The molecule has 0 saturated carbocycles. The number of allylic oxidation sites excluding steroid dienone is 1. The van der Waals surface area contributed by atoms with Gasteiger partial charge in [0, 0.05) is 12.2 Å². The number of nitrogens with one attached hydrogen (secondary N) is 2. The zero-order valence-corrected chi connectivity index (χ0v) is 15.8. The number of benzene rings is 1. The SMILES string of the molecule is O=C(Nc1ccc(Cl)c(Cl)c1)c1cnc(NCCC2=CCCCC2)cn1. The zero-order valence-electron chi connectivity index (χ0n) is 14.3. The van der Waals surface area contributed by atoms with E-state index in [-0.39, 0.29) is 11.6 Å². The van der Waals surface area contributed by atoms with E-state index in [0.29, 0.717) is 21.6 Å². The molecular weight excluding hydrogens is 371 g/mol. The van der Waals surface area contributed by atoms with Crippen molar-refractivity contribution >= 4 is 40.6 Å². The summed E-state index contributed by atoms with van der Waals surface area (Å²) in [6, 6.07) is 4.89. The largest absolute Gasteiger partial charge is 0.368 e. The van der Waals surface area contributed by atoms with Crippen LogP contribution in [0.25, 0.3) is 0 Å². The van der Waals surface area contributed by atoms with Gasteiger partial charge in [0.2, 0.25) is 0 Å². The number of amides is 1. The molecule has 0 fully saturated rings. The first kappa shape index (κ1) is 18.7. The molecule has 1 aromatic heterocycles. The highest BCUT2D eigenvalue weighted by Crippen LogP contribution is 2.25. The van der Waals surface area contributed by atoms with E-state index in [1.54, 1.807) is 24.4 Å². The van der Waals surface area contributed by atoms with E-state index in [1.807, 2.05) is 0 Å². The first-order chi connectivity index (χ1) is 12.6. The average Bonchev–Trinajstić information content (AvgIpc) is 2.66. The van der Waals surface area contributed by atoms with E-state index in [1.165, 1.54) is 37.5 Å². The maximum absolute atomic E-state index is 12.2. The average molecular weight is 391 g/mol. The van der Waals surface area contributed by atoms with Gasteiger partial charge in [0.15, 0.2) is 0 Å². The molecule has 0 atom stereocenters. The Labute approximate surface area is 162 Å². The van der Waals surface area contributed by atoms with Crippen LogP contribution in [-0.2, 0) is 0 Å². The summed E-state index contributed by atoms with van der Waals surface area (Å²) in [4.78, 5) is 20.6. The molecule has 0 unspecified atom stereocenters. The monoisotopic (exact) mass is 390 g/mol.